The van der Waals surface area contributed by atoms with Gasteiger partial charge in [0.25, 0.3) is 0 Å². The molecule has 0 spiro atoms. The molecule has 2 aromatic rings. The smallest absolute Gasteiger partial charge is 0.455 e. The first kappa shape index (κ1) is 20.0. The van der Waals surface area contributed by atoms with Gasteiger partial charge < -0.3 is 20.1 Å². The van der Waals surface area contributed by atoms with Crippen molar-refractivity contribution in [3.8, 4) is 17.6 Å². The van der Waals surface area contributed by atoms with Crippen molar-refractivity contribution >= 4 is 11.6 Å². The lowest BCUT2D eigenvalue weighted by Gasteiger charge is -2.41. The Bertz CT molecular complexity index is 1030. The average molecular weight is 417 g/mol. The molecule has 0 radical (unpaired) electrons. The number of fused-ring (bicyclic) bond motifs is 5. The highest BCUT2D eigenvalue weighted by molar-refractivity contribution is 5.82. The minimum absolute atomic E-state index is 0.217. The zero-order chi connectivity index (χ0) is 21.5. The van der Waals surface area contributed by atoms with Crippen LogP contribution in [-0.2, 0) is 11.4 Å². The van der Waals surface area contributed by atoms with Crippen LogP contribution in [0.1, 0.15) is 35.6 Å². The molecule has 0 bridgehead atoms. The maximum absolute atomic E-state index is 12.7. The fourth-order valence-corrected chi connectivity index (χ4v) is 4.14. The Morgan fingerprint density at radius 3 is 2.80 bits per heavy atom. The van der Waals surface area contributed by atoms with E-state index in [1.54, 1.807) is 36.4 Å². The van der Waals surface area contributed by atoms with E-state index in [2.05, 4.69) is 11.4 Å². The molecule has 6 nitrogen and oxygen atoms in total. The third kappa shape index (κ3) is 3.55. The van der Waals surface area contributed by atoms with E-state index < -0.39 is 24.2 Å². The molecule has 4 rings (SSSR count). The fourth-order valence-electron chi connectivity index (χ4n) is 4.14. The number of aliphatic hydroxyl groups is 1. The number of nitrogens with zero attached hydrogens (tertiary/aromatic N) is 2. The predicted octanol–water partition coefficient (Wildman–Crippen LogP) is 3.54. The van der Waals surface area contributed by atoms with Crippen LogP contribution in [0.4, 0.5) is 18.9 Å². The van der Waals surface area contributed by atoms with Crippen LogP contribution in [0.3, 0.4) is 0 Å². The van der Waals surface area contributed by atoms with Gasteiger partial charge in [-0.05, 0) is 36.6 Å². The molecule has 2 aliphatic rings. The third-order valence-electron chi connectivity index (χ3n) is 5.47. The van der Waals surface area contributed by atoms with Crippen molar-refractivity contribution < 1.29 is 27.8 Å². The van der Waals surface area contributed by atoms with Crippen LogP contribution in [0.5, 0.6) is 11.5 Å². The minimum Gasteiger partial charge on any atom is -0.455 e. The predicted molar refractivity (Wildman–Crippen MR) is 101 cm³/mol. The van der Waals surface area contributed by atoms with Gasteiger partial charge in [0.05, 0.1) is 30.0 Å². The Hall–Kier alpha value is -3.25. The summed E-state index contributed by atoms with van der Waals surface area (Å²) >= 11 is 0. The normalized spacial score (nSPS) is 20.0. The van der Waals surface area contributed by atoms with Gasteiger partial charge in [-0.3, -0.25) is 4.79 Å². The second kappa shape index (κ2) is 7.54. The molecule has 0 aromatic heterocycles. The lowest BCUT2D eigenvalue weighted by molar-refractivity contribution is -0.174. The zero-order valence-electron chi connectivity index (χ0n) is 15.7. The van der Waals surface area contributed by atoms with Crippen LogP contribution in [0.2, 0.25) is 0 Å². The van der Waals surface area contributed by atoms with Crippen LogP contribution in [0.15, 0.2) is 36.4 Å². The molecule has 30 heavy (non-hydrogen) atoms. The number of alkyl halides is 3. The molecule has 1 saturated heterocycles. The summed E-state index contributed by atoms with van der Waals surface area (Å²) in [6, 6.07) is 11.2. The second-order valence-corrected chi connectivity index (χ2v) is 7.29. The first-order chi connectivity index (χ1) is 14.3. The molecule has 2 atom stereocenters. The number of piperidine rings is 1. The van der Waals surface area contributed by atoms with Crippen molar-refractivity contribution in [2.24, 2.45) is 0 Å². The van der Waals surface area contributed by atoms with Crippen molar-refractivity contribution in [2.45, 2.75) is 37.7 Å². The Morgan fingerprint density at radius 2 is 2.10 bits per heavy atom. The Morgan fingerprint density at radius 1 is 1.30 bits per heavy atom. The summed E-state index contributed by atoms with van der Waals surface area (Å²) in [6.07, 6.45) is -4.42. The van der Waals surface area contributed by atoms with E-state index in [-0.39, 0.29) is 13.0 Å². The molecule has 9 heteroatoms. The topological polar surface area (TPSA) is 85.6 Å². The van der Waals surface area contributed by atoms with Crippen molar-refractivity contribution in [3.05, 3.63) is 53.1 Å². The first-order valence-electron chi connectivity index (χ1n) is 9.40. The Balaban J connectivity index is 1.76. The van der Waals surface area contributed by atoms with Gasteiger partial charge >= 0.3 is 12.1 Å². The summed E-state index contributed by atoms with van der Waals surface area (Å²) in [5.41, 5.74) is 2.39. The van der Waals surface area contributed by atoms with Crippen molar-refractivity contribution in [1.29, 1.82) is 5.26 Å². The van der Waals surface area contributed by atoms with Gasteiger partial charge in [-0.25, -0.2) is 0 Å². The molecular formula is C21H18F3N3O3. The van der Waals surface area contributed by atoms with E-state index in [1.165, 1.54) is 0 Å². The Labute approximate surface area is 170 Å². The second-order valence-electron chi connectivity index (χ2n) is 7.29. The number of nitrogens with one attached hydrogen (secondary N) is 1. The highest BCUT2D eigenvalue weighted by atomic mass is 19.4. The number of anilines is 1. The summed E-state index contributed by atoms with van der Waals surface area (Å²) in [5, 5.41) is 21.2. The largest absolute Gasteiger partial charge is 0.471 e. The summed E-state index contributed by atoms with van der Waals surface area (Å²) in [4.78, 5) is 13.5. The number of carbonyl (C=O) groups is 1. The van der Waals surface area contributed by atoms with Gasteiger partial charge in [0, 0.05) is 24.2 Å². The molecule has 0 aliphatic carbocycles. The zero-order valence-corrected chi connectivity index (χ0v) is 15.7. The molecule has 0 saturated carbocycles. The molecule has 1 fully saturated rings. The highest BCUT2D eigenvalue weighted by Crippen LogP contribution is 2.48. The quantitative estimate of drug-likeness (QED) is 0.781. The number of ether oxygens (including phenoxy) is 1. The van der Waals surface area contributed by atoms with Gasteiger partial charge in [-0.1, -0.05) is 12.1 Å². The number of carbonyl (C=O) groups excluding carboxylic acids is 1. The molecule has 0 unspecified atom stereocenters. The van der Waals surface area contributed by atoms with E-state index in [0.717, 1.165) is 0 Å². The number of amides is 1. The van der Waals surface area contributed by atoms with Gasteiger partial charge in [0.1, 0.15) is 5.75 Å². The number of benzene rings is 2. The standard InChI is InChI=1S/C21H18F3N3O3/c22-21(23,24)20(29)26-14-6-7-27-15-5-4-12(10-25)8-18(15)30-17-3-1-2-13(11-28)19(17)16(27)9-14/h1-5,8,14,16,28H,6-7,9,11H2,(H,26,29)/t14-,16-/m0/s1. The lowest BCUT2D eigenvalue weighted by atomic mass is 9.88. The fraction of sp³-hybridized carbons (Fsp3) is 0.333. The van der Waals surface area contributed by atoms with E-state index in [1.807, 2.05) is 4.90 Å². The number of aliphatic hydroxyl groups excluding tert-OH is 1. The molecule has 1 amide bonds. The number of halogens is 3. The van der Waals surface area contributed by atoms with Gasteiger partial charge in [0.2, 0.25) is 0 Å². The molecule has 156 valence electrons. The number of rotatable bonds is 2. The van der Waals surface area contributed by atoms with Crippen LogP contribution in [0.25, 0.3) is 0 Å². The minimum atomic E-state index is -4.95. The first-order valence-corrected chi connectivity index (χ1v) is 9.40. The highest BCUT2D eigenvalue weighted by Gasteiger charge is 2.42. The van der Waals surface area contributed by atoms with E-state index in [0.29, 0.717) is 46.8 Å². The summed E-state index contributed by atoms with van der Waals surface area (Å²) in [5.74, 6) is -1.03. The summed E-state index contributed by atoms with van der Waals surface area (Å²) in [6.45, 7) is 0.102. The van der Waals surface area contributed by atoms with Crippen molar-refractivity contribution in [1.82, 2.24) is 5.32 Å². The SMILES string of the molecule is N#Cc1ccc2c(c1)Oc1cccc(CO)c1[C@@H]1C[C@@H](NC(=O)C(F)(F)F)CCN21. The molecule has 2 heterocycles. The number of hydrogen-bond donors (Lipinski definition) is 2. The van der Waals surface area contributed by atoms with Crippen LogP contribution >= 0.6 is 0 Å². The maximum atomic E-state index is 12.7. The van der Waals surface area contributed by atoms with Crippen LogP contribution < -0.4 is 15.0 Å². The molecule has 2 N–H and O–H groups in total. The maximum Gasteiger partial charge on any atom is 0.471 e. The van der Waals surface area contributed by atoms with Gasteiger partial charge in [0.15, 0.2) is 5.75 Å². The molecular weight excluding hydrogens is 399 g/mol. The third-order valence-corrected chi connectivity index (χ3v) is 5.47. The number of nitriles is 1. The summed E-state index contributed by atoms with van der Waals surface area (Å²) < 4.78 is 44.3. The van der Waals surface area contributed by atoms with E-state index in [9.17, 15) is 28.3 Å². The van der Waals surface area contributed by atoms with Crippen LogP contribution in [0, 0.1) is 11.3 Å². The van der Waals surface area contributed by atoms with E-state index in [4.69, 9.17) is 4.74 Å². The molecule has 2 aromatic carbocycles. The van der Waals surface area contributed by atoms with Gasteiger partial charge in [-0.15, -0.1) is 0 Å². The van der Waals surface area contributed by atoms with Crippen molar-refractivity contribution in [2.75, 3.05) is 11.4 Å². The Kier molecular flexibility index (Phi) is 5.03. The average Bonchev–Trinajstić information content (AvgIpc) is 2.86. The monoisotopic (exact) mass is 417 g/mol. The lowest BCUT2D eigenvalue weighted by Crippen LogP contribution is -2.49. The van der Waals surface area contributed by atoms with Crippen molar-refractivity contribution in [3.63, 3.8) is 0 Å². The van der Waals surface area contributed by atoms with E-state index >= 15 is 0 Å². The summed E-state index contributed by atoms with van der Waals surface area (Å²) in [7, 11) is 0. The van der Waals surface area contributed by atoms with Crippen LogP contribution in [-0.4, -0.2) is 29.8 Å². The number of hydrogen-bond acceptors (Lipinski definition) is 5. The molecule has 2 aliphatic heterocycles. The van der Waals surface area contributed by atoms with Gasteiger partial charge in [-0.2, -0.15) is 18.4 Å².